The molecule has 0 radical (unpaired) electrons. The van der Waals surface area contributed by atoms with Crippen molar-refractivity contribution in [2.24, 2.45) is 0 Å². The average molecular weight is 273 g/mol. The minimum atomic E-state index is 0.766. The van der Waals surface area contributed by atoms with Crippen LogP contribution in [0.3, 0.4) is 0 Å². The molecule has 0 atom stereocenters. The molecule has 1 aliphatic rings. The third-order valence-corrected chi connectivity index (χ3v) is 4.49. The Labute approximate surface area is 117 Å². The molecule has 4 heteroatoms. The van der Waals surface area contributed by atoms with Gasteiger partial charge >= 0.3 is 0 Å². The fraction of sp³-hybridized carbons (Fsp3) is 0.333. The maximum absolute atomic E-state index is 6.09. The van der Waals surface area contributed by atoms with E-state index in [1.807, 2.05) is 18.2 Å². The number of rotatable bonds is 3. The number of nitrogens with zero attached hydrogens (tertiary/aromatic N) is 1. The second-order valence-electron chi connectivity index (χ2n) is 5.14. The Balaban J connectivity index is 1.92. The van der Waals surface area contributed by atoms with Gasteiger partial charge in [0, 0.05) is 23.5 Å². The zero-order chi connectivity index (χ0) is 13.2. The van der Waals surface area contributed by atoms with Crippen LogP contribution >= 0.6 is 11.3 Å². The van der Waals surface area contributed by atoms with Gasteiger partial charge in [0.05, 0.1) is 0 Å². The molecule has 19 heavy (non-hydrogen) atoms. The van der Waals surface area contributed by atoms with Crippen molar-refractivity contribution in [2.45, 2.75) is 19.4 Å². The number of nitrogen functional groups attached to an aromatic ring is 2. The van der Waals surface area contributed by atoms with Crippen molar-refractivity contribution in [1.82, 2.24) is 4.90 Å². The van der Waals surface area contributed by atoms with E-state index in [0.717, 1.165) is 23.5 Å². The van der Waals surface area contributed by atoms with E-state index < -0.39 is 0 Å². The predicted molar refractivity (Wildman–Crippen MR) is 83.1 cm³/mol. The van der Waals surface area contributed by atoms with Gasteiger partial charge in [0.2, 0.25) is 0 Å². The summed E-state index contributed by atoms with van der Waals surface area (Å²) >= 11 is 1.74. The Morgan fingerprint density at radius 3 is 2.63 bits per heavy atom. The van der Waals surface area contributed by atoms with Crippen LogP contribution in [0.15, 0.2) is 29.0 Å². The Hall–Kier alpha value is -1.52. The third-order valence-electron chi connectivity index (χ3n) is 3.70. The van der Waals surface area contributed by atoms with Gasteiger partial charge in [-0.3, -0.25) is 4.90 Å². The highest BCUT2D eigenvalue weighted by atomic mass is 32.1. The molecule has 1 aromatic heterocycles. The van der Waals surface area contributed by atoms with Gasteiger partial charge in [0.25, 0.3) is 0 Å². The van der Waals surface area contributed by atoms with Crippen molar-refractivity contribution in [3.63, 3.8) is 0 Å². The lowest BCUT2D eigenvalue weighted by Gasteiger charge is -2.15. The summed E-state index contributed by atoms with van der Waals surface area (Å²) in [6.45, 7) is 3.44. The Kier molecular flexibility index (Phi) is 3.44. The van der Waals surface area contributed by atoms with Gasteiger partial charge in [-0.05, 0) is 66.0 Å². The highest BCUT2D eigenvalue weighted by Crippen LogP contribution is 2.34. The van der Waals surface area contributed by atoms with Crippen LogP contribution in [0.5, 0.6) is 0 Å². The first-order valence-corrected chi connectivity index (χ1v) is 7.61. The summed E-state index contributed by atoms with van der Waals surface area (Å²) in [5.41, 5.74) is 17.2. The summed E-state index contributed by atoms with van der Waals surface area (Å²) in [4.78, 5) is 2.51. The molecule has 2 heterocycles. The summed E-state index contributed by atoms with van der Waals surface area (Å²) < 4.78 is 0. The Morgan fingerprint density at radius 1 is 1.05 bits per heavy atom. The van der Waals surface area contributed by atoms with E-state index in [2.05, 4.69) is 15.7 Å². The second-order valence-corrected chi connectivity index (χ2v) is 5.88. The normalized spacial score (nSPS) is 16.0. The minimum Gasteiger partial charge on any atom is -0.399 e. The van der Waals surface area contributed by atoms with Crippen LogP contribution in [0.2, 0.25) is 0 Å². The fourth-order valence-corrected chi connectivity index (χ4v) is 3.52. The van der Waals surface area contributed by atoms with Crippen molar-refractivity contribution < 1.29 is 0 Å². The summed E-state index contributed by atoms with van der Waals surface area (Å²) in [5, 5.41) is 4.41. The molecule has 4 N–H and O–H groups in total. The molecule has 1 saturated heterocycles. The molecule has 1 aliphatic heterocycles. The lowest BCUT2D eigenvalue weighted by Crippen LogP contribution is -2.18. The van der Waals surface area contributed by atoms with Gasteiger partial charge < -0.3 is 11.5 Å². The minimum absolute atomic E-state index is 0.766. The van der Waals surface area contributed by atoms with Crippen LogP contribution in [0.1, 0.15) is 18.4 Å². The van der Waals surface area contributed by atoms with E-state index in [0.29, 0.717) is 0 Å². The van der Waals surface area contributed by atoms with Crippen molar-refractivity contribution in [3.8, 4) is 11.1 Å². The van der Waals surface area contributed by atoms with Crippen LogP contribution < -0.4 is 11.5 Å². The summed E-state index contributed by atoms with van der Waals surface area (Å²) in [6, 6.07) is 5.72. The number of likely N-dealkylation sites (tertiary alicyclic amines) is 1. The van der Waals surface area contributed by atoms with Gasteiger partial charge in [-0.2, -0.15) is 11.3 Å². The smallest absolute Gasteiger partial charge is 0.0395 e. The van der Waals surface area contributed by atoms with E-state index in [1.54, 1.807) is 11.3 Å². The first-order valence-electron chi connectivity index (χ1n) is 6.67. The topological polar surface area (TPSA) is 55.3 Å². The maximum atomic E-state index is 6.09. The zero-order valence-electron chi connectivity index (χ0n) is 10.9. The lowest BCUT2D eigenvalue weighted by atomic mass is 10.0. The Bertz CT molecular complexity index is 571. The molecular formula is C15H19N3S. The molecule has 3 nitrogen and oxygen atoms in total. The molecule has 3 rings (SSSR count). The second kappa shape index (κ2) is 5.23. The molecule has 0 aliphatic carbocycles. The SMILES string of the molecule is Nc1ccc(N)c(-c2cscc2CN2CCCC2)c1. The largest absolute Gasteiger partial charge is 0.399 e. The number of thiophene rings is 1. The number of hydrogen-bond acceptors (Lipinski definition) is 4. The van der Waals surface area contributed by atoms with Gasteiger partial charge in [0.1, 0.15) is 0 Å². The van der Waals surface area contributed by atoms with Gasteiger partial charge in [0.15, 0.2) is 0 Å². The molecule has 100 valence electrons. The van der Waals surface area contributed by atoms with Gasteiger partial charge in [-0.25, -0.2) is 0 Å². The van der Waals surface area contributed by atoms with Crippen molar-refractivity contribution in [3.05, 3.63) is 34.5 Å². The summed E-state index contributed by atoms with van der Waals surface area (Å²) in [5.74, 6) is 0. The van der Waals surface area contributed by atoms with Crippen molar-refractivity contribution >= 4 is 22.7 Å². The average Bonchev–Trinajstić information content (AvgIpc) is 3.04. The van der Waals surface area contributed by atoms with Crippen molar-refractivity contribution in [2.75, 3.05) is 24.6 Å². The highest BCUT2D eigenvalue weighted by Gasteiger charge is 2.16. The van der Waals surface area contributed by atoms with E-state index in [-0.39, 0.29) is 0 Å². The monoisotopic (exact) mass is 273 g/mol. The number of benzene rings is 1. The molecule has 0 spiro atoms. The lowest BCUT2D eigenvalue weighted by molar-refractivity contribution is 0.332. The highest BCUT2D eigenvalue weighted by molar-refractivity contribution is 7.08. The quantitative estimate of drug-likeness (QED) is 0.845. The van der Waals surface area contributed by atoms with Crippen LogP contribution in [0.25, 0.3) is 11.1 Å². The van der Waals surface area contributed by atoms with Crippen LogP contribution in [0.4, 0.5) is 11.4 Å². The first-order chi connectivity index (χ1) is 9.24. The Morgan fingerprint density at radius 2 is 1.84 bits per heavy atom. The number of anilines is 2. The van der Waals surface area contributed by atoms with Crippen LogP contribution in [0, 0.1) is 0 Å². The molecular weight excluding hydrogens is 254 g/mol. The molecule has 0 amide bonds. The number of nitrogens with two attached hydrogens (primary N) is 2. The van der Waals surface area contributed by atoms with Crippen molar-refractivity contribution in [1.29, 1.82) is 0 Å². The molecule has 0 bridgehead atoms. The standard InChI is InChI=1S/C15H19N3S/c16-12-3-4-15(17)13(7-12)14-10-19-9-11(14)8-18-5-1-2-6-18/h3-4,7,9-10H,1-2,5-6,8,16-17H2. The number of hydrogen-bond donors (Lipinski definition) is 2. The van der Waals surface area contributed by atoms with E-state index in [9.17, 15) is 0 Å². The summed E-state index contributed by atoms with van der Waals surface area (Å²) in [7, 11) is 0. The van der Waals surface area contributed by atoms with E-state index in [1.165, 1.54) is 37.1 Å². The third kappa shape index (κ3) is 2.60. The van der Waals surface area contributed by atoms with Gasteiger partial charge in [-0.1, -0.05) is 0 Å². The zero-order valence-corrected chi connectivity index (χ0v) is 11.7. The van der Waals surface area contributed by atoms with E-state index in [4.69, 9.17) is 11.5 Å². The maximum Gasteiger partial charge on any atom is 0.0395 e. The van der Waals surface area contributed by atoms with E-state index >= 15 is 0 Å². The molecule has 1 fully saturated rings. The molecule has 1 aromatic carbocycles. The molecule has 2 aromatic rings. The summed E-state index contributed by atoms with van der Waals surface area (Å²) in [6.07, 6.45) is 2.64. The van der Waals surface area contributed by atoms with Crippen LogP contribution in [-0.4, -0.2) is 18.0 Å². The molecule has 0 saturated carbocycles. The molecule has 0 unspecified atom stereocenters. The first kappa shape index (κ1) is 12.5. The fourth-order valence-electron chi connectivity index (χ4n) is 2.67. The van der Waals surface area contributed by atoms with Gasteiger partial charge in [-0.15, -0.1) is 0 Å². The van der Waals surface area contributed by atoms with Crippen LogP contribution in [-0.2, 0) is 6.54 Å². The predicted octanol–water partition coefficient (Wildman–Crippen LogP) is 3.18.